The Morgan fingerprint density at radius 1 is 1.18 bits per heavy atom. The molecule has 1 heterocycles. The zero-order valence-corrected chi connectivity index (χ0v) is 14.2. The zero-order chi connectivity index (χ0) is 16.4. The second-order valence-electron chi connectivity index (χ2n) is 6.62. The highest BCUT2D eigenvalue weighted by molar-refractivity contribution is 6.00. The Kier molecular flexibility index (Phi) is 4.89. The molecule has 0 aliphatic carbocycles. The molecule has 4 nitrogen and oxygen atoms in total. The van der Waals surface area contributed by atoms with Gasteiger partial charge in [-0.05, 0) is 46.2 Å². The first-order valence-electron chi connectivity index (χ1n) is 8.01. The first-order valence-corrected chi connectivity index (χ1v) is 8.01. The van der Waals surface area contributed by atoms with Crippen LogP contribution in [0.2, 0.25) is 0 Å². The monoisotopic (exact) mass is 302 g/mol. The number of benzene rings is 1. The van der Waals surface area contributed by atoms with Crippen LogP contribution in [0, 0.1) is 12.8 Å². The normalized spacial score (nSPS) is 18.4. The summed E-state index contributed by atoms with van der Waals surface area (Å²) >= 11 is 0. The third kappa shape index (κ3) is 3.16. The summed E-state index contributed by atoms with van der Waals surface area (Å²) in [6, 6.07) is 8.13. The SMILES string of the molecule is Cc1ccccc1N1CC(C(=O)N(C(C)C)C(C)C)CC1=O. The van der Waals surface area contributed by atoms with E-state index in [4.69, 9.17) is 0 Å². The van der Waals surface area contributed by atoms with Crippen LogP contribution in [-0.2, 0) is 9.59 Å². The summed E-state index contributed by atoms with van der Waals surface area (Å²) in [7, 11) is 0. The van der Waals surface area contributed by atoms with Gasteiger partial charge in [0.05, 0.1) is 5.92 Å². The van der Waals surface area contributed by atoms with Gasteiger partial charge in [0, 0.05) is 30.7 Å². The van der Waals surface area contributed by atoms with Crippen molar-refractivity contribution in [3.05, 3.63) is 29.8 Å². The lowest BCUT2D eigenvalue weighted by Gasteiger charge is -2.33. The van der Waals surface area contributed by atoms with Crippen LogP contribution >= 0.6 is 0 Å². The molecule has 1 unspecified atom stereocenters. The van der Waals surface area contributed by atoms with Crippen LogP contribution in [0.4, 0.5) is 5.69 Å². The number of hydrogen-bond acceptors (Lipinski definition) is 2. The molecule has 1 saturated heterocycles. The maximum atomic E-state index is 12.8. The minimum absolute atomic E-state index is 0.0418. The Morgan fingerprint density at radius 3 is 2.32 bits per heavy atom. The van der Waals surface area contributed by atoms with Gasteiger partial charge in [0.15, 0.2) is 0 Å². The number of para-hydroxylation sites is 1. The van der Waals surface area contributed by atoms with E-state index in [0.717, 1.165) is 11.3 Å². The molecule has 2 amide bonds. The maximum absolute atomic E-state index is 12.8. The van der Waals surface area contributed by atoms with Crippen molar-refractivity contribution in [2.45, 2.75) is 53.1 Å². The van der Waals surface area contributed by atoms with Gasteiger partial charge >= 0.3 is 0 Å². The molecule has 1 aliphatic heterocycles. The summed E-state index contributed by atoms with van der Waals surface area (Å²) < 4.78 is 0. The number of nitrogens with zero attached hydrogens (tertiary/aromatic N) is 2. The number of hydrogen-bond donors (Lipinski definition) is 0. The van der Waals surface area contributed by atoms with Gasteiger partial charge in [-0.1, -0.05) is 18.2 Å². The summed E-state index contributed by atoms with van der Waals surface area (Å²) in [5.74, 6) is -0.105. The van der Waals surface area contributed by atoms with Crippen molar-refractivity contribution < 1.29 is 9.59 Å². The Balaban J connectivity index is 2.19. The minimum Gasteiger partial charge on any atom is -0.338 e. The Labute approximate surface area is 133 Å². The van der Waals surface area contributed by atoms with Crippen molar-refractivity contribution in [1.29, 1.82) is 0 Å². The summed E-state index contributed by atoms with van der Waals surface area (Å²) in [5.41, 5.74) is 1.98. The Hall–Kier alpha value is -1.84. The Morgan fingerprint density at radius 2 is 1.77 bits per heavy atom. The molecule has 2 rings (SSSR count). The summed E-state index contributed by atoms with van der Waals surface area (Å²) in [4.78, 5) is 28.8. The van der Waals surface area contributed by atoms with E-state index in [9.17, 15) is 9.59 Å². The summed E-state index contributed by atoms with van der Waals surface area (Å²) in [6.07, 6.45) is 0.309. The second-order valence-corrected chi connectivity index (χ2v) is 6.62. The lowest BCUT2D eigenvalue weighted by Crippen LogP contribution is -2.45. The number of anilines is 1. The van der Waals surface area contributed by atoms with Gasteiger partial charge in [0.1, 0.15) is 0 Å². The van der Waals surface area contributed by atoms with Crippen molar-refractivity contribution in [3.63, 3.8) is 0 Å². The van der Waals surface area contributed by atoms with Crippen molar-refractivity contribution in [1.82, 2.24) is 4.90 Å². The lowest BCUT2D eigenvalue weighted by atomic mass is 10.0. The van der Waals surface area contributed by atoms with E-state index in [1.54, 1.807) is 4.90 Å². The standard InChI is InChI=1S/C18H26N2O2/c1-12(2)20(13(3)4)18(22)15-10-17(21)19(11-15)16-9-7-6-8-14(16)5/h6-9,12-13,15H,10-11H2,1-5H3. The number of carbonyl (C=O) groups excluding carboxylic acids is 2. The molecule has 0 N–H and O–H groups in total. The molecule has 1 aromatic rings. The molecule has 0 aromatic heterocycles. The van der Waals surface area contributed by atoms with Crippen molar-refractivity contribution in [2.24, 2.45) is 5.92 Å². The number of rotatable bonds is 4. The van der Waals surface area contributed by atoms with E-state index in [2.05, 4.69) is 0 Å². The molecule has 1 atom stereocenters. The molecule has 22 heavy (non-hydrogen) atoms. The van der Waals surface area contributed by atoms with Gasteiger partial charge in [0.25, 0.3) is 0 Å². The number of aryl methyl sites for hydroxylation is 1. The molecule has 0 radical (unpaired) electrons. The van der Waals surface area contributed by atoms with Crippen LogP contribution in [0.25, 0.3) is 0 Å². The largest absolute Gasteiger partial charge is 0.338 e. The van der Waals surface area contributed by atoms with Crippen molar-refractivity contribution in [2.75, 3.05) is 11.4 Å². The van der Waals surface area contributed by atoms with Crippen LogP contribution in [0.1, 0.15) is 39.7 Å². The molecule has 1 aliphatic rings. The van der Waals surface area contributed by atoms with E-state index < -0.39 is 0 Å². The first-order chi connectivity index (χ1) is 10.3. The van der Waals surface area contributed by atoms with E-state index in [1.165, 1.54) is 0 Å². The van der Waals surface area contributed by atoms with Gasteiger partial charge in [-0.15, -0.1) is 0 Å². The number of amides is 2. The van der Waals surface area contributed by atoms with Gasteiger partial charge < -0.3 is 9.80 Å². The second kappa shape index (κ2) is 6.51. The molecule has 4 heteroatoms. The van der Waals surface area contributed by atoms with Gasteiger partial charge in [-0.2, -0.15) is 0 Å². The molecule has 120 valence electrons. The van der Waals surface area contributed by atoms with Crippen molar-refractivity contribution >= 4 is 17.5 Å². The summed E-state index contributed by atoms with van der Waals surface area (Å²) in [6.45, 7) is 10.6. The fraction of sp³-hybridized carbons (Fsp3) is 0.556. The predicted octanol–water partition coefficient (Wildman–Crippen LogP) is 2.99. The highest BCUT2D eigenvalue weighted by Gasteiger charge is 2.38. The molecule has 1 aromatic carbocycles. The third-order valence-electron chi connectivity index (χ3n) is 4.25. The van der Waals surface area contributed by atoms with Crippen LogP contribution in [0.15, 0.2) is 24.3 Å². The predicted molar refractivity (Wildman–Crippen MR) is 88.8 cm³/mol. The van der Waals surface area contributed by atoms with Crippen LogP contribution < -0.4 is 4.90 Å². The number of carbonyl (C=O) groups is 2. The van der Waals surface area contributed by atoms with E-state index in [0.29, 0.717) is 13.0 Å². The first kappa shape index (κ1) is 16.5. The molecular formula is C18H26N2O2. The van der Waals surface area contributed by atoms with E-state index in [1.807, 2.05) is 63.8 Å². The maximum Gasteiger partial charge on any atom is 0.228 e. The highest BCUT2D eigenvalue weighted by Crippen LogP contribution is 2.29. The smallest absolute Gasteiger partial charge is 0.228 e. The fourth-order valence-corrected chi connectivity index (χ4v) is 3.29. The average Bonchev–Trinajstić information content (AvgIpc) is 2.80. The minimum atomic E-state index is -0.239. The molecule has 0 bridgehead atoms. The third-order valence-corrected chi connectivity index (χ3v) is 4.25. The van der Waals surface area contributed by atoms with Crippen LogP contribution in [0.3, 0.4) is 0 Å². The van der Waals surface area contributed by atoms with Crippen molar-refractivity contribution in [3.8, 4) is 0 Å². The van der Waals surface area contributed by atoms with Crippen LogP contribution in [0.5, 0.6) is 0 Å². The fourth-order valence-electron chi connectivity index (χ4n) is 3.29. The quantitative estimate of drug-likeness (QED) is 0.858. The van der Waals surface area contributed by atoms with E-state index >= 15 is 0 Å². The summed E-state index contributed by atoms with van der Waals surface area (Å²) in [5, 5.41) is 0. The van der Waals surface area contributed by atoms with Gasteiger partial charge in [0.2, 0.25) is 11.8 Å². The van der Waals surface area contributed by atoms with Crippen LogP contribution in [-0.4, -0.2) is 35.3 Å². The molecule has 1 fully saturated rings. The Bertz CT molecular complexity index is 558. The molecule has 0 spiro atoms. The van der Waals surface area contributed by atoms with E-state index in [-0.39, 0.29) is 29.8 Å². The topological polar surface area (TPSA) is 40.6 Å². The average molecular weight is 302 g/mol. The van der Waals surface area contributed by atoms with Gasteiger partial charge in [-0.25, -0.2) is 0 Å². The highest BCUT2D eigenvalue weighted by atomic mass is 16.2. The molecular weight excluding hydrogens is 276 g/mol. The molecule has 0 saturated carbocycles. The lowest BCUT2D eigenvalue weighted by molar-refractivity contribution is -0.139. The van der Waals surface area contributed by atoms with Gasteiger partial charge in [-0.3, -0.25) is 9.59 Å². The zero-order valence-electron chi connectivity index (χ0n) is 14.2.